The van der Waals surface area contributed by atoms with Gasteiger partial charge >= 0.3 is 0 Å². The minimum atomic E-state index is 1.17. The normalized spacial score (nSPS) is 8.50. The van der Waals surface area contributed by atoms with Crippen LogP contribution in [-0.2, 0) is 0 Å². The van der Waals surface area contributed by atoms with Crippen LogP contribution in [0.4, 0.5) is 0 Å². The van der Waals surface area contributed by atoms with Crippen LogP contribution in [0.15, 0.2) is 0 Å². The maximum absolute atomic E-state index is 6.08. The fourth-order valence-electron chi connectivity index (χ4n) is 0.540. The summed E-state index contributed by atoms with van der Waals surface area (Å²) in [5.74, 6) is 0. The Morgan fingerprint density at radius 2 is 1.80 bits per heavy atom. The van der Waals surface area contributed by atoms with E-state index in [1.54, 1.807) is 6.92 Å². The molecule has 0 unspecified atom stereocenters. The summed E-state index contributed by atoms with van der Waals surface area (Å²) in [5, 5.41) is 6.08. The molecule has 0 aliphatic rings. The van der Waals surface area contributed by atoms with Gasteiger partial charge in [-0.15, -0.1) is 0 Å². The van der Waals surface area contributed by atoms with Crippen molar-refractivity contribution in [3.63, 3.8) is 0 Å². The summed E-state index contributed by atoms with van der Waals surface area (Å²) < 4.78 is 0. The van der Waals surface area contributed by atoms with Gasteiger partial charge in [0.1, 0.15) is 0 Å². The summed E-state index contributed by atoms with van der Waals surface area (Å²) in [6.45, 7) is 8.45. The van der Waals surface area contributed by atoms with Crippen molar-refractivity contribution in [2.45, 2.75) is 27.2 Å². The molecule has 0 heterocycles. The summed E-state index contributed by atoms with van der Waals surface area (Å²) >= 11 is 0. The van der Waals surface area contributed by atoms with Crippen LogP contribution in [0.3, 0.4) is 0 Å². The van der Waals surface area contributed by atoms with Crippen molar-refractivity contribution in [2.24, 2.45) is 0 Å². The Hall–Kier alpha value is -0.370. The zero-order valence-corrected chi connectivity index (χ0v) is 7.65. The van der Waals surface area contributed by atoms with E-state index < -0.39 is 0 Å². The molecule has 0 atom stereocenters. The molecule has 0 aliphatic carbocycles. The molecular formula is C8H20N2. The smallest absolute Gasteiger partial charge is 0.00245 e. The maximum atomic E-state index is 6.08. The van der Waals surface area contributed by atoms with E-state index in [0.29, 0.717) is 0 Å². The van der Waals surface area contributed by atoms with E-state index in [1.807, 2.05) is 0 Å². The molecule has 0 aromatic heterocycles. The molecule has 1 N–H and O–H groups in total. The van der Waals surface area contributed by atoms with Gasteiger partial charge in [0, 0.05) is 0 Å². The van der Waals surface area contributed by atoms with Crippen LogP contribution >= 0.6 is 0 Å². The molecule has 0 rings (SSSR count). The van der Waals surface area contributed by atoms with Gasteiger partial charge in [-0.05, 0) is 39.7 Å². The third-order valence-electron chi connectivity index (χ3n) is 1.15. The average molecular weight is 144 g/mol. The van der Waals surface area contributed by atoms with Crippen LogP contribution < -0.4 is 0 Å². The second kappa shape index (κ2) is 11.4. The molecular weight excluding hydrogens is 124 g/mol. The second-order valence-corrected chi connectivity index (χ2v) is 2.18. The van der Waals surface area contributed by atoms with Crippen molar-refractivity contribution >= 4 is 6.21 Å². The summed E-state index contributed by atoms with van der Waals surface area (Å²) in [6.07, 6.45) is 2.52. The van der Waals surface area contributed by atoms with Crippen molar-refractivity contribution in [3.8, 4) is 0 Å². The SMILES string of the molecule is CC=N.CCCN(C)CC. The summed E-state index contributed by atoms with van der Waals surface area (Å²) in [6, 6.07) is 0. The molecule has 0 aliphatic heterocycles. The third-order valence-corrected chi connectivity index (χ3v) is 1.15. The van der Waals surface area contributed by atoms with E-state index in [4.69, 9.17) is 5.41 Å². The van der Waals surface area contributed by atoms with E-state index in [9.17, 15) is 0 Å². The predicted octanol–water partition coefficient (Wildman–Crippen LogP) is 2.00. The first-order valence-electron chi connectivity index (χ1n) is 3.86. The lowest BCUT2D eigenvalue weighted by molar-refractivity contribution is 0.353. The van der Waals surface area contributed by atoms with Gasteiger partial charge in [0.2, 0.25) is 0 Å². The maximum Gasteiger partial charge on any atom is -0.00245 e. The number of hydrogen-bond acceptors (Lipinski definition) is 2. The van der Waals surface area contributed by atoms with Gasteiger partial charge in [-0.1, -0.05) is 13.8 Å². The van der Waals surface area contributed by atoms with Crippen molar-refractivity contribution < 1.29 is 0 Å². The molecule has 0 saturated carbocycles. The molecule has 0 aromatic carbocycles. The highest BCUT2D eigenvalue weighted by atomic mass is 15.1. The molecule has 0 fully saturated rings. The van der Waals surface area contributed by atoms with E-state index in [1.165, 1.54) is 25.7 Å². The van der Waals surface area contributed by atoms with Gasteiger partial charge in [-0.3, -0.25) is 0 Å². The first-order valence-corrected chi connectivity index (χ1v) is 3.86. The highest BCUT2D eigenvalue weighted by Crippen LogP contribution is 1.82. The topological polar surface area (TPSA) is 27.1 Å². The Balaban J connectivity index is 0. The molecule has 2 nitrogen and oxygen atoms in total. The van der Waals surface area contributed by atoms with Gasteiger partial charge in [-0.2, -0.15) is 0 Å². The van der Waals surface area contributed by atoms with Crippen molar-refractivity contribution in [3.05, 3.63) is 0 Å². The molecule has 0 amide bonds. The van der Waals surface area contributed by atoms with Gasteiger partial charge in [0.25, 0.3) is 0 Å². The van der Waals surface area contributed by atoms with E-state index >= 15 is 0 Å². The summed E-state index contributed by atoms with van der Waals surface area (Å²) in [7, 11) is 2.14. The lowest BCUT2D eigenvalue weighted by Crippen LogP contribution is -2.17. The summed E-state index contributed by atoms with van der Waals surface area (Å²) in [4.78, 5) is 2.31. The van der Waals surface area contributed by atoms with Crippen LogP contribution in [0.5, 0.6) is 0 Å². The Morgan fingerprint density at radius 1 is 1.40 bits per heavy atom. The lowest BCUT2D eigenvalue weighted by Gasteiger charge is -2.10. The van der Waals surface area contributed by atoms with Crippen molar-refractivity contribution in [1.82, 2.24) is 4.90 Å². The molecule has 10 heavy (non-hydrogen) atoms. The fraction of sp³-hybridized carbons (Fsp3) is 0.875. The first kappa shape index (κ1) is 12.3. The number of rotatable bonds is 3. The van der Waals surface area contributed by atoms with E-state index in [0.717, 1.165) is 0 Å². The van der Waals surface area contributed by atoms with Crippen LogP contribution in [-0.4, -0.2) is 31.3 Å². The van der Waals surface area contributed by atoms with Crippen molar-refractivity contribution in [1.29, 1.82) is 5.41 Å². The molecule has 0 bridgehead atoms. The Labute approximate surface area is 64.7 Å². The fourth-order valence-corrected chi connectivity index (χ4v) is 0.540. The van der Waals surface area contributed by atoms with Crippen molar-refractivity contribution in [2.75, 3.05) is 20.1 Å². The monoisotopic (exact) mass is 144 g/mol. The minimum absolute atomic E-state index is 1.17. The zero-order valence-electron chi connectivity index (χ0n) is 7.65. The second-order valence-electron chi connectivity index (χ2n) is 2.18. The highest BCUT2D eigenvalue weighted by Gasteiger charge is 1.86. The van der Waals surface area contributed by atoms with Crippen LogP contribution in [0.25, 0.3) is 0 Å². The third kappa shape index (κ3) is 15.6. The lowest BCUT2D eigenvalue weighted by atomic mass is 10.4. The average Bonchev–Trinajstić information content (AvgIpc) is 1.90. The van der Waals surface area contributed by atoms with E-state index in [2.05, 4.69) is 25.8 Å². The summed E-state index contributed by atoms with van der Waals surface area (Å²) in [5.41, 5.74) is 0. The van der Waals surface area contributed by atoms with Gasteiger partial charge in [0.15, 0.2) is 0 Å². The Bertz CT molecular complexity index is 62.3. The number of nitrogens with zero attached hydrogens (tertiary/aromatic N) is 1. The molecule has 0 spiro atoms. The number of hydrogen-bond donors (Lipinski definition) is 1. The molecule has 0 radical (unpaired) electrons. The Kier molecular flexibility index (Phi) is 14.1. The largest absolute Gasteiger partial charge is 0.313 e. The molecule has 0 aromatic rings. The molecule has 2 heteroatoms. The minimum Gasteiger partial charge on any atom is -0.313 e. The molecule has 0 saturated heterocycles. The highest BCUT2D eigenvalue weighted by molar-refractivity contribution is 5.48. The predicted molar refractivity (Wildman–Crippen MR) is 47.9 cm³/mol. The zero-order chi connectivity index (χ0) is 8.41. The molecule has 62 valence electrons. The van der Waals surface area contributed by atoms with Gasteiger partial charge in [-0.25, -0.2) is 0 Å². The first-order chi connectivity index (χ1) is 4.72. The number of nitrogens with one attached hydrogen (secondary N) is 1. The standard InChI is InChI=1S/C6H15N.C2H5N/c1-4-6-7(3)5-2;1-2-3/h4-6H2,1-3H3;2-3H,1H3. The van der Waals surface area contributed by atoms with Crippen LogP contribution in [0.2, 0.25) is 0 Å². The van der Waals surface area contributed by atoms with Gasteiger partial charge in [0.05, 0.1) is 0 Å². The van der Waals surface area contributed by atoms with Gasteiger partial charge < -0.3 is 10.3 Å². The van der Waals surface area contributed by atoms with Crippen LogP contribution in [0, 0.1) is 5.41 Å². The van der Waals surface area contributed by atoms with E-state index in [-0.39, 0.29) is 0 Å². The Morgan fingerprint density at radius 3 is 1.90 bits per heavy atom. The quantitative estimate of drug-likeness (QED) is 0.603. The van der Waals surface area contributed by atoms with Crippen LogP contribution in [0.1, 0.15) is 27.2 Å².